The van der Waals surface area contributed by atoms with Gasteiger partial charge in [-0.05, 0) is 43.5 Å². The largest absolute Gasteiger partial charge is 0.379 e. The number of carbonyl (C=O) groups is 1. The molecule has 0 saturated carbocycles. The lowest BCUT2D eigenvalue weighted by Crippen LogP contribution is -2.38. The van der Waals surface area contributed by atoms with Crippen LogP contribution in [0.3, 0.4) is 0 Å². The molecule has 1 unspecified atom stereocenters. The van der Waals surface area contributed by atoms with Gasteiger partial charge in [-0.1, -0.05) is 6.07 Å². The first-order chi connectivity index (χ1) is 12.7. The van der Waals surface area contributed by atoms with E-state index in [9.17, 15) is 4.79 Å². The van der Waals surface area contributed by atoms with Crippen LogP contribution in [0.25, 0.3) is 10.9 Å². The van der Waals surface area contributed by atoms with Crippen LogP contribution >= 0.6 is 0 Å². The molecule has 2 aliphatic rings. The predicted molar refractivity (Wildman–Crippen MR) is 102 cm³/mol. The summed E-state index contributed by atoms with van der Waals surface area (Å²) in [5.41, 5.74) is 2.84. The Labute approximate surface area is 154 Å². The summed E-state index contributed by atoms with van der Waals surface area (Å²) in [7, 11) is 0. The van der Waals surface area contributed by atoms with E-state index in [2.05, 4.69) is 40.3 Å². The molecule has 1 atom stereocenters. The molecule has 1 aromatic carbocycles. The van der Waals surface area contributed by atoms with Crippen molar-refractivity contribution in [3.63, 3.8) is 0 Å². The standard InChI is InChI=1S/C20H26N4O2/c1-15(23-9-11-26-12-10-23)17-13-16-5-4-6-21-19(16)18(14-17)22-20(25)24-7-2-3-8-24/h4-6,13-15H,2-3,7-12H2,1H3,(H,22,25). The van der Waals surface area contributed by atoms with E-state index in [1.165, 1.54) is 5.56 Å². The van der Waals surface area contributed by atoms with Crippen LogP contribution in [0.15, 0.2) is 30.5 Å². The summed E-state index contributed by atoms with van der Waals surface area (Å²) in [6.07, 6.45) is 3.94. The molecular weight excluding hydrogens is 328 g/mol. The molecule has 2 fully saturated rings. The summed E-state index contributed by atoms with van der Waals surface area (Å²) in [6.45, 7) is 7.30. The molecule has 6 nitrogen and oxygen atoms in total. The molecule has 0 radical (unpaired) electrons. The molecular formula is C20H26N4O2. The fourth-order valence-corrected chi connectivity index (χ4v) is 3.84. The first kappa shape index (κ1) is 17.2. The Morgan fingerprint density at radius 3 is 2.73 bits per heavy atom. The number of amides is 2. The highest BCUT2D eigenvalue weighted by atomic mass is 16.5. The minimum absolute atomic E-state index is 0.0226. The highest BCUT2D eigenvalue weighted by Gasteiger charge is 2.22. The van der Waals surface area contributed by atoms with Gasteiger partial charge in [0.05, 0.1) is 24.4 Å². The van der Waals surface area contributed by atoms with Gasteiger partial charge in [-0.2, -0.15) is 0 Å². The number of nitrogens with zero attached hydrogens (tertiary/aromatic N) is 3. The van der Waals surface area contributed by atoms with Crippen LogP contribution < -0.4 is 5.32 Å². The Balaban J connectivity index is 1.65. The van der Waals surface area contributed by atoms with Crippen molar-refractivity contribution in [3.8, 4) is 0 Å². The summed E-state index contributed by atoms with van der Waals surface area (Å²) >= 11 is 0. The minimum Gasteiger partial charge on any atom is -0.379 e. The molecule has 3 heterocycles. The molecule has 2 amide bonds. The zero-order valence-corrected chi connectivity index (χ0v) is 15.3. The number of likely N-dealkylation sites (tertiary alicyclic amines) is 1. The van der Waals surface area contributed by atoms with Gasteiger partial charge in [0.2, 0.25) is 0 Å². The number of benzene rings is 1. The average molecular weight is 354 g/mol. The number of rotatable bonds is 3. The molecule has 2 aromatic rings. The fraction of sp³-hybridized carbons (Fsp3) is 0.500. The fourth-order valence-electron chi connectivity index (χ4n) is 3.84. The molecule has 4 rings (SSSR count). The maximum Gasteiger partial charge on any atom is 0.321 e. The second-order valence-corrected chi connectivity index (χ2v) is 7.09. The smallest absolute Gasteiger partial charge is 0.321 e. The van der Waals surface area contributed by atoms with Crippen LogP contribution in [0, 0.1) is 0 Å². The summed E-state index contributed by atoms with van der Waals surface area (Å²) in [5.74, 6) is 0. The van der Waals surface area contributed by atoms with Gasteiger partial charge in [-0.25, -0.2) is 4.79 Å². The van der Waals surface area contributed by atoms with E-state index < -0.39 is 0 Å². The molecule has 1 aromatic heterocycles. The lowest BCUT2D eigenvalue weighted by molar-refractivity contribution is 0.0199. The van der Waals surface area contributed by atoms with Crippen molar-refractivity contribution >= 4 is 22.6 Å². The molecule has 6 heteroatoms. The summed E-state index contributed by atoms with van der Waals surface area (Å²) in [4.78, 5) is 21.4. The molecule has 2 saturated heterocycles. The van der Waals surface area contributed by atoms with E-state index in [4.69, 9.17) is 4.74 Å². The number of urea groups is 1. The van der Waals surface area contributed by atoms with Gasteiger partial charge in [-0.3, -0.25) is 9.88 Å². The Hall–Kier alpha value is -2.18. The summed E-state index contributed by atoms with van der Waals surface area (Å²) < 4.78 is 5.48. The molecule has 0 aliphatic carbocycles. The highest BCUT2D eigenvalue weighted by Crippen LogP contribution is 2.30. The van der Waals surface area contributed by atoms with Crippen LogP contribution in [-0.4, -0.2) is 60.2 Å². The van der Waals surface area contributed by atoms with Crippen LogP contribution in [0.1, 0.15) is 31.4 Å². The molecule has 1 N–H and O–H groups in total. The van der Waals surface area contributed by atoms with Gasteiger partial charge in [0.15, 0.2) is 0 Å². The zero-order chi connectivity index (χ0) is 17.9. The number of ether oxygens (including phenoxy) is 1. The van der Waals surface area contributed by atoms with Gasteiger partial charge < -0.3 is 15.0 Å². The predicted octanol–water partition coefficient (Wildman–Crippen LogP) is 3.26. The second-order valence-electron chi connectivity index (χ2n) is 7.09. The van der Waals surface area contributed by atoms with Gasteiger partial charge in [0.1, 0.15) is 0 Å². The topological polar surface area (TPSA) is 57.7 Å². The monoisotopic (exact) mass is 354 g/mol. The van der Waals surface area contributed by atoms with Crippen molar-refractivity contribution in [2.24, 2.45) is 0 Å². The van der Waals surface area contributed by atoms with Crippen molar-refractivity contribution in [1.29, 1.82) is 0 Å². The Kier molecular flexibility index (Phi) is 5.04. The van der Waals surface area contributed by atoms with Crippen LogP contribution in [0.2, 0.25) is 0 Å². The van der Waals surface area contributed by atoms with E-state index in [0.29, 0.717) is 0 Å². The van der Waals surface area contributed by atoms with Crippen LogP contribution in [0.4, 0.5) is 10.5 Å². The number of pyridine rings is 1. The van der Waals surface area contributed by atoms with E-state index in [-0.39, 0.29) is 12.1 Å². The van der Waals surface area contributed by atoms with Gasteiger partial charge >= 0.3 is 6.03 Å². The molecule has 0 bridgehead atoms. The molecule has 138 valence electrons. The number of fused-ring (bicyclic) bond motifs is 1. The molecule has 26 heavy (non-hydrogen) atoms. The van der Waals surface area contributed by atoms with Crippen LogP contribution in [-0.2, 0) is 4.74 Å². The van der Waals surface area contributed by atoms with E-state index in [1.54, 1.807) is 6.20 Å². The zero-order valence-electron chi connectivity index (χ0n) is 15.3. The summed E-state index contributed by atoms with van der Waals surface area (Å²) in [5, 5.41) is 4.16. The quantitative estimate of drug-likeness (QED) is 0.919. The Morgan fingerprint density at radius 2 is 1.96 bits per heavy atom. The number of morpholine rings is 1. The lowest BCUT2D eigenvalue weighted by Gasteiger charge is -2.33. The summed E-state index contributed by atoms with van der Waals surface area (Å²) in [6, 6.07) is 8.52. The lowest BCUT2D eigenvalue weighted by atomic mass is 10.0. The first-order valence-corrected chi connectivity index (χ1v) is 9.49. The third kappa shape index (κ3) is 3.52. The second kappa shape index (κ2) is 7.60. The number of aromatic nitrogens is 1. The van der Waals surface area contributed by atoms with Crippen molar-refractivity contribution in [2.75, 3.05) is 44.7 Å². The number of hydrogen-bond acceptors (Lipinski definition) is 4. The Bertz CT molecular complexity index is 782. The van der Waals surface area contributed by atoms with Crippen molar-refractivity contribution in [2.45, 2.75) is 25.8 Å². The molecule has 0 spiro atoms. The van der Waals surface area contributed by atoms with Crippen molar-refractivity contribution < 1.29 is 9.53 Å². The normalized spacial score (nSPS) is 19.7. The number of hydrogen-bond donors (Lipinski definition) is 1. The Morgan fingerprint density at radius 1 is 1.19 bits per heavy atom. The SMILES string of the molecule is CC(c1cc(NC(=O)N2CCCC2)c2ncccc2c1)N1CCOCC1. The van der Waals surface area contributed by atoms with Gasteiger partial charge in [0.25, 0.3) is 0 Å². The van der Waals surface area contributed by atoms with E-state index in [0.717, 1.165) is 68.8 Å². The van der Waals surface area contributed by atoms with Crippen molar-refractivity contribution in [3.05, 3.63) is 36.0 Å². The van der Waals surface area contributed by atoms with E-state index in [1.807, 2.05) is 11.0 Å². The highest BCUT2D eigenvalue weighted by molar-refractivity contribution is 6.00. The van der Waals surface area contributed by atoms with E-state index >= 15 is 0 Å². The number of carbonyl (C=O) groups excluding carboxylic acids is 1. The van der Waals surface area contributed by atoms with Gasteiger partial charge in [0, 0.05) is 43.8 Å². The number of nitrogens with one attached hydrogen (secondary N) is 1. The van der Waals surface area contributed by atoms with Crippen molar-refractivity contribution in [1.82, 2.24) is 14.8 Å². The molecule has 2 aliphatic heterocycles. The number of anilines is 1. The van der Waals surface area contributed by atoms with Crippen LogP contribution in [0.5, 0.6) is 0 Å². The maximum atomic E-state index is 12.6. The maximum absolute atomic E-state index is 12.6. The first-order valence-electron chi connectivity index (χ1n) is 9.49. The average Bonchev–Trinajstić information content (AvgIpc) is 3.23. The third-order valence-electron chi connectivity index (χ3n) is 5.44. The van der Waals surface area contributed by atoms with Gasteiger partial charge in [-0.15, -0.1) is 0 Å². The minimum atomic E-state index is -0.0226. The third-order valence-corrected chi connectivity index (χ3v) is 5.44.